The van der Waals surface area contributed by atoms with Crippen LogP contribution in [0.4, 0.5) is 4.39 Å². The van der Waals surface area contributed by atoms with E-state index in [9.17, 15) is 4.39 Å². The van der Waals surface area contributed by atoms with Crippen LogP contribution in [0.3, 0.4) is 0 Å². The van der Waals surface area contributed by atoms with Gasteiger partial charge in [-0.3, -0.25) is 0 Å². The van der Waals surface area contributed by atoms with Gasteiger partial charge in [-0.1, -0.05) is 24.4 Å². The first kappa shape index (κ1) is 14.7. The van der Waals surface area contributed by atoms with Crippen LogP contribution in [0, 0.1) is 11.7 Å². The molecule has 2 aromatic rings. The lowest BCUT2D eigenvalue weighted by molar-refractivity contribution is 0.255. The van der Waals surface area contributed by atoms with Gasteiger partial charge in [0.15, 0.2) is 0 Å². The van der Waals surface area contributed by atoms with Crippen LogP contribution < -0.4 is 5.73 Å². The highest BCUT2D eigenvalue weighted by Crippen LogP contribution is 2.33. The van der Waals surface area contributed by atoms with Gasteiger partial charge < -0.3 is 10.3 Å². The van der Waals surface area contributed by atoms with Crippen LogP contribution in [0.2, 0.25) is 0 Å². The van der Waals surface area contributed by atoms with E-state index in [1.165, 1.54) is 25.3 Å². The largest absolute Gasteiger partial charge is 0.337 e. The fraction of sp³-hybridized carbons (Fsp3) is 0.467. The van der Waals surface area contributed by atoms with Crippen molar-refractivity contribution in [3.8, 4) is 11.4 Å². The van der Waals surface area contributed by atoms with E-state index in [1.54, 1.807) is 12.1 Å². The molecule has 0 aliphatic heterocycles. The van der Waals surface area contributed by atoms with Gasteiger partial charge in [-0.15, -0.1) is 0 Å². The molecule has 0 amide bonds. The minimum absolute atomic E-state index is 0.213. The molecule has 0 saturated heterocycles. The summed E-state index contributed by atoms with van der Waals surface area (Å²) in [5, 5.41) is 3.96. The topological polar surface area (TPSA) is 64.9 Å². The van der Waals surface area contributed by atoms with Crippen molar-refractivity contribution in [3.05, 3.63) is 34.4 Å². The number of hydrogen-bond donors (Lipinski definition) is 1. The molecule has 112 valence electrons. The second-order valence-corrected chi connectivity index (χ2v) is 6.36. The zero-order valence-corrected chi connectivity index (χ0v) is 13.1. The van der Waals surface area contributed by atoms with Crippen LogP contribution in [0.1, 0.15) is 44.0 Å². The summed E-state index contributed by atoms with van der Waals surface area (Å²) in [5.41, 5.74) is 6.95. The maximum atomic E-state index is 13.3. The Hall–Kier alpha value is -1.27. The first-order chi connectivity index (χ1) is 10.1. The SMILES string of the molecule is NC(c1nc(-c2ccc(F)c(Br)c2)no1)C1CCCCC1. The van der Waals surface area contributed by atoms with Gasteiger partial charge in [0.1, 0.15) is 5.82 Å². The Morgan fingerprint density at radius 3 is 2.76 bits per heavy atom. The number of benzene rings is 1. The highest BCUT2D eigenvalue weighted by Gasteiger charge is 2.26. The monoisotopic (exact) mass is 353 g/mol. The molecular weight excluding hydrogens is 337 g/mol. The van der Waals surface area contributed by atoms with Crippen LogP contribution in [-0.4, -0.2) is 10.1 Å². The number of nitrogens with two attached hydrogens (primary N) is 1. The lowest BCUT2D eigenvalue weighted by Crippen LogP contribution is -2.23. The Balaban J connectivity index is 1.80. The summed E-state index contributed by atoms with van der Waals surface area (Å²) in [6.07, 6.45) is 5.93. The van der Waals surface area contributed by atoms with Gasteiger partial charge in [-0.2, -0.15) is 4.98 Å². The van der Waals surface area contributed by atoms with Crippen molar-refractivity contribution in [2.24, 2.45) is 11.7 Å². The zero-order valence-electron chi connectivity index (χ0n) is 11.6. The third-order valence-corrected chi connectivity index (χ3v) is 4.67. The maximum Gasteiger partial charge on any atom is 0.244 e. The first-order valence-electron chi connectivity index (χ1n) is 7.20. The lowest BCUT2D eigenvalue weighted by atomic mass is 9.84. The average molecular weight is 354 g/mol. The van der Waals surface area contributed by atoms with Crippen LogP contribution >= 0.6 is 15.9 Å². The van der Waals surface area contributed by atoms with E-state index < -0.39 is 0 Å². The maximum absolute atomic E-state index is 13.3. The Kier molecular flexibility index (Phi) is 4.35. The molecule has 1 atom stereocenters. The summed E-state index contributed by atoms with van der Waals surface area (Å²) in [5.74, 6) is 1.00. The normalized spacial score (nSPS) is 17.9. The number of halogens is 2. The molecule has 2 N–H and O–H groups in total. The van der Waals surface area contributed by atoms with E-state index in [0.29, 0.717) is 27.7 Å². The van der Waals surface area contributed by atoms with Crippen LogP contribution in [0.25, 0.3) is 11.4 Å². The molecule has 1 fully saturated rings. The number of nitrogens with zero attached hydrogens (tertiary/aromatic N) is 2. The molecule has 0 bridgehead atoms. The van der Waals surface area contributed by atoms with Gasteiger partial charge in [0, 0.05) is 5.56 Å². The summed E-state index contributed by atoms with van der Waals surface area (Å²) >= 11 is 3.16. The van der Waals surface area contributed by atoms with Crippen molar-refractivity contribution in [1.29, 1.82) is 0 Å². The predicted octanol–water partition coefficient (Wildman–Crippen LogP) is 4.22. The molecule has 0 spiro atoms. The van der Waals surface area contributed by atoms with Crippen LogP contribution in [-0.2, 0) is 0 Å². The van der Waals surface area contributed by atoms with Gasteiger partial charge in [-0.25, -0.2) is 4.39 Å². The molecule has 21 heavy (non-hydrogen) atoms. The summed E-state index contributed by atoms with van der Waals surface area (Å²) in [4.78, 5) is 4.38. The molecule has 1 heterocycles. The lowest BCUT2D eigenvalue weighted by Gasteiger charge is -2.24. The van der Waals surface area contributed by atoms with Crippen molar-refractivity contribution in [3.63, 3.8) is 0 Å². The van der Waals surface area contributed by atoms with Gasteiger partial charge in [-0.05, 0) is 52.9 Å². The van der Waals surface area contributed by atoms with Gasteiger partial charge in [0.25, 0.3) is 0 Å². The minimum atomic E-state index is -0.318. The number of hydrogen-bond acceptors (Lipinski definition) is 4. The second kappa shape index (κ2) is 6.23. The predicted molar refractivity (Wildman–Crippen MR) is 80.9 cm³/mol. The summed E-state index contributed by atoms with van der Waals surface area (Å²) in [6.45, 7) is 0. The smallest absolute Gasteiger partial charge is 0.244 e. The second-order valence-electron chi connectivity index (χ2n) is 5.51. The van der Waals surface area contributed by atoms with E-state index in [4.69, 9.17) is 10.3 Å². The fourth-order valence-electron chi connectivity index (χ4n) is 2.82. The van der Waals surface area contributed by atoms with E-state index in [0.717, 1.165) is 12.8 Å². The fourth-order valence-corrected chi connectivity index (χ4v) is 3.20. The Morgan fingerprint density at radius 1 is 1.29 bits per heavy atom. The van der Waals surface area contributed by atoms with Crippen molar-refractivity contribution in [2.75, 3.05) is 0 Å². The Labute approximate surface area is 131 Å². The molecule has 1 aliphatic carbocycles. The molecule has 0 radical (unpaired) electrons. The third kappa shape index (κ3) is 3.16. The highest BCUT2D eigenvalue weighted by molar-refractivity contribution is 9.10. The van der Waals surface area contributed by atoms with E-state index in [1.807, 2.05) is 0 Å². The van der Waals surface area contributed by atoms with Gasteiger partial charge >= 0.3 is 0 Å². The summed E-state index contributed by atoms with van der Waals surface area (Å²) in [7, 11) is 0. The first-order valence-corrected chi connectivity index (χ1v) is 7.99. The quantitative estimate of drug-likeness (QED) is 0.896. The van der Waals surface area contributed by atoms with E-state index >= 15 is 0 Å². The van der Waals surface area contributed by atoms with E-state index in [-0.39, 0.29) is 11.9 Å². The molecular formula is C15H17BrFN3O. The Morgan fingerprint density at radius 2 is 2.05 bits per heavy atom. The Bertz CT molecular complexity index is 625. The van der Waals surface area contributed by atoms with Gasteiger partial charge in [0.05, 0.1) is 10.5 Å². The molecule has 1 saturated carbocycles. The molecule has 1 unspecified atom stereocenters. The standard InChI is InChI=1S/C15H17BrFN3O/c16-11-8-10(6-7-12(11)17)14-19-15(21-20-14)13(18)9-4-2-1-3-5-9/h6-9,13H,1-5,18H2. The molecule has 1 aromatic heterocycles. The number of rotatable bonds is 3. The highest BCUT2D eigenvalue weighted by atomic mass is 79.9. The van der Waals surface area contributed by atoms with Crippen molar-refractivity contribution in [1.82, 2.24) is 10.1 Å². The summed E-state index contributed by atoms with van der Waals surface area (Å²) < 4.78 is 18.9. The minimum Gasteiger partial charge on any atom is -0.337 e. The van der Waals surface area contributed by atoms with Gasteiger partial charge in [0.2, 0.25) is 11.7 Å². The van der Waals surface area contributed by atoms with Crippen LogP contribution in [0.5, 0.6) is 0 Å². The third-order valence-electron chi connectivity index (χ3n) is 4.06. The van der Waals surface area contributed by atoms with Crippen molar-refractivity contribution in [2.45, 2.75) is 38.1 Å². The average Bonchev–Trinajstić information content (AvgIpc) is 3.00. The zero-order chi connectivity index (χ0) is 14.8. The molecule has 1 aromatic carbocycles. The molecule has 4 nitrogen and oxygen atoms in total. The molecule has 3 rings (SSSR count). The van der Waals surface area contributed by atoms with Crippen molar-refractivity contribution < 1.29 is 8.91 Å². The molecule has 1 aliphatic rings. The van der Waals surface area contributed by atoms with Crippen LogP contribution in [0.15, 0.2) is 27.2 Å². The number of aromatic nitrogens is 2. The van der Waals surface area contributed by atoms with Crippen molar-refractivity contribution >= 4 is 15.9 Å². The summed E-state index contributed by atoms with van der Waals surface area (Å²) in [6, 6.07) is 4.42. The van der Waals surface area contributed by atoms with E-state index in [2.05, 4.69) is 26.1 Å². The molecule has 6 heteroatoms.